The zero-order chi connectivity index (χ0) is 24.4. The maximum Gasteiger partial charge on any atom is 0.244 e. The number of carbonyl (C=O) groups excluding carboxylic acids is 1. The minimum absolute atomic E-state index is 0.143. The molecule has 4 heterocycles. The molecule has 0 spiro atoms. The Balaban J connectivity index is 1.50. The average Bonchev–Trinajstić information content (AvgIpc) is 3.39. The monoisotopic (exact) mass is 497 g/mol. The molecule has 2 aliphatic heterocycles. The number of methoxy groups -OCH3 is 1. The van der Waals surface area contributed by atoms with Gasteiger partial charge in [-0.3, -0.25) is 9.89 Å². The van der Waals surface area contributed by atoms with Crippen molar-refractivity contribution in [2.75, 3.05) is 20.3 Å². The first-order valence-electron chi connectivity index (χ1n) is 11.5. The molecular weight excluding hydrogens is 470 g/mol. The third-order valence-corrected chi connectivity index (χ3v) is 8.62. The lowest BCUT2D eigenvalue weighted by Crippen LogP contribution is -2.55. The number of hydrogen-bond donors (Lipinski definition) is 1. The van der Waals surface area contributed by atoms with Crippen molar-refractivity contribution < 1.29 is 17.9 Å². The van der Waals surface area contributed by atoms with Crippen LogP contribution in [0, 0.1) is 5.92 Å². The molecule has 1 aromatic carbocycles. The van der Waals surface area contributed by atoms with E-state index in [0.29, 0.717) is 43.1 Å². The Morgan fingerprint density at radius 2 is 1.91 bits per heavy atom. The molecule has 2 bridgehead atoms. The quantitative estimate of drug-likeness (QED) is 0.519. The normalized spacial score (nSPS) is 23.3. The molecule has 0 saturated carbocycles. The summed E-state index contributed by atoms with van der Waals surface area (Å²) < 4.78 is 34.9. The zero-order valence-electron chi connectivity index (χ0n) is 19.3. The van der Waals surface area contributed by atoms with Gasteiger partial charge in [0.1, 0.15) is 6.04 Å². The zero-order valence-corrected chi connectivity index (χ0v) is 20.1. The maximum absolute atomic E-state index is 14.0. The molecule has 11 nitrogen and oxygen atoms in total. The van der Waals surface area contributed by atoms with Gasteiger partial charge in [0.15, 0.2) is 5.82 Å². The lowest BCUT2D eigenvalue weighted by Gasteiger charge is -2.40. The molecule has 2 aromatic heterocycles. The van der Waals surface area contributed by atoms with Crippen LogP contribution in [0.2, 0.25) is 0 Å². The molecule has 1 amide bonds. The van der Waals surface area contributed by atoms with Gasteiger partial charge in [0.05, 0.1) is 29.9 Å². The van der Waals surface area contributed by atoms with Crippen LogP contribution in [0.1, 0.15) is 25.0 Å². The van der Waals surface area contributed by atoms with Crippen molar-refractivity contribution in [2.24, 2.45) is 5.92 Å². The number of aromatic nitrogens is 5. The molecule has 2 saturated heterocycles. The second-order valence-electron chi connectivity index (χ2n) is 8.86. The van der Waals surface area contributed by atoms with Gasteiger partial charge >= 0.3 is 0 Å². The second kappa shape index (κ2) is 9.80. The summed E-state index contributed by atoms with van der Waals surface area (Å²) in [4.78, 5) is 24.0. The molecule has 1 N–H and O–H groups in total. The predicted octanol–water partition coefficient (Wildman–Crippen LogP) is 1.48. The number of rotatable bonds is 7. The van der Waals surface area contributed by atoms with E-state index < -0.39 is 16.1 Å². The number of nitrogens with one attached hydrogen (secondary N) is 1. The number of aromatic amines is 1. The van der Waals surface area contributed by atoms with Gasteiger partial charge in [-0.05, 0) is 49.6 Å². The van der Waals surface area contributed by atoms with E-state index >= 15 is 0 Å². The minimum atomic E-state index is -3.96. The summed E-state index contributed by atoms with van der Waals surface area (Å²) in [6.45, 7) is 1.02. The first-order valence-corrected chi connectivity index (χ1v) is 13.0. The van der Waals surface area contributed by atoms with Crippen LogP contribution in [0.15, 0.2) is 53.8 Å². The third-order valence-electron chi connectivity index (χ3n) is 6.67. The average molecular weight is 498 g/mol. The summed E-state index contributed by atoms with van der Waals surface area (Å²) >= 11 is 0. The number of piperidine rings is 1. The second-order valence-corrected chi connectivity index (χ2v) is 10.7. The molecule has 2 fully saturated rings. The highest BCUT2D eigenvalue weighted by molar-refractivity contribution is 7.89. The van der Waals surface area contributed by atoms with Crippen LogP contribution in [0.5, 0.6) is 0 Å². The number of amides is 1. The van der Waals surface area contributed by atoms with E-state index in [1.54, 1.807) is 60.9 Å². The first-order chi connectivity index (χ1) is 17.0. The van der Waals surface area contributed by atoms with Crippen LogP contribution in [0.3, 0.4) is 0 Å². The fraction of sp³-hybridized carbons (Fsp3) is 0.435. The Bertz CT molecular complexity index is 1250. The summed E-state index contributed by atoms with van der Waals surface area (Å²) in [6.07, 6.45) is 6.77. The summed E-state index contributed by atoms with van der Waals surface area (Å²) in [5.74, 6) is 0.139. The van der Waals surface area contributed by atoms with E-state index in [4.69, 9.17) is 4.74 Å². The molecule has 0 aliphatic carbocycles. The van der Waals surface area contributed by atoms with Gasteiger partial charge < -0.3 is 9.64 Å². The van der Waals surface area contributed by atoms with E-state index in [-0.39, 0.29) is 29.3 Å². The van der Waals surface area contributed by atoms with Gasteiger partial charge in [0.25, 0.3) is 0 Å². The Morgan fingerprint density at radius 1 is 1.14 bits per heavy atom. The maximum atomic E-state index is 14.0. The number of nitrogens with zero attached hydrogens (tertiary/aromatic N) is 6. The summed E-state index contributed by atoms with van der Waals surface area (Å²) in [5.41, 5.74) is 1.41. The van der Waals surface area contributed by atoms with E-state index in [0.717, 1.165) is 6.42 Å². The van der Waals surface area contributed by atoms with Crippen molar-refractivity contribution in [1.82, 2.24) is 34.6 Å². The Morgan fingerprint density at radius 3 is 2.60 bits per heavy atom. The molecule has 3 aromatic rings. The highest BCUT2D eigenvalue weighted by Gasteiger charge is 2.50. The number of benzene rings is 1. The van der Waals surface area contributed by atoms with Crippen LogP contribution >= 0.6 is 0 Å². The largest absolute Gasteiger partial charge is 0.384 e. The van der Waals surface area contributed by atoms with E-state index in [1.807, 2.05) is 0 Å². The van der Waals surface area contributed by atoms with Gasteiger partial charge in [-0.25, -0.2) is 18.4 Å². The van der Waals surface area contributed by atoms with Crippen molar-refractivity contribution in [1.29, 1.82) is 0 Å². The Kier molecular flexibility index (Phi) is 6.58. The minimum Gasteiger partial charge on any atom is -0.384 e. The highest BCUT2D eigenvalue weighted by atomic mass is 32.2. The summed E-state index contributed by atoms with van der Waals surface area (Å²) in [7, 11) is -2.36. The number of hydrogen-bond acceptors (Lipinski definition) is 8. The van der Waals surface area contributed by atoms with Crippen LogP contribution < -0.4 is 0 Å². The molecule has 2 aliphatic rings. The topological polar surface area (TPSA) is 134 Å². The van der Waals surface area contributed by atoms with Crippen molar-refractivity contribution in [3.8, 4) is 11.4 Å². The third kappa shape index (κ3) is 4.56. The van der Waals surface area contributed by atoms with Crippen LogP contribution in [0.25, 0.3) is 11.4 Å². The van der Waals surface area contributed by atoms with Crippen molar-refractivity contribution in [3.05, 3.63) is 54.6 Å². The molecule has 12 heteroatoms. The van der Waals surface area contributed by atoms with Gasteiger partial charge in [0.2, 0.25) is 15.9 Å². The van der Waals surface area contributed by atoms with Crippen molar-refractivity contribution in [3.63, 3.8) is 0 Å². The van der Waals surface area contributed by atoms with Gasteiger partial charge in [0, 0.05) is 43.6 Å². The van der Waals surface area contributed by atoms with Crippen LogP contribution in [-0.2, 0) is 26.1 Å². The fourth-order valence-electron chi connectivity index (χ4n) is 5.10. The summed E-state index contributed by atoms with van der Waals surface area (Å²) in [5, 5.41) is 10.3. The number of H-pyrrole nitrogens is 1. The fourth-order valence-corrected chi connectivity index (χ4v) is 6.99. The van der Waals surface area contributed by atoms with Crippen molar-refractivity contribution in [2.45, 2.75) is 42.8 Å². The first kappa shape index (κ1) is 23.5. The SMILES string of the molecule is COC[C@H]1CN(Cc2cnn[nH]2)C(=O)[C@@H]2CCC[C@H]1N2S(=O)(=O)c1ccc(-c2ncccn2)cc1. The van der Waals surface area contributed by atoms with Crippen molar-refractivity contribution >= 4 is 15.9 Å². The molecule has 184 valence electrons. The van der Waals surface area contributed by atoms with Gasteiger partial charge in [-0.1, -0.05) is 5.21 Å². The number of carbonyl (C=O) groups is 1. The van der Waals surface area contributed by atoms with E-state index in [2.05, 4.69) is 25.4 Å². The Hall–Kier alpha value is -3.22. The predicted molar refractivity (Wildman–Crippen MR) is 125 cm³/mol. The number of ether oxygens (including phenoxy) is 1. The van der Waals surface area contributed by atoms with E-state index in [1.165, 1.54) is 4.31 Å². The lowest BCUT2D eigenvalue weighted by atomic mass is 9.91. The number of fused-ring (bicyclic) bond motifs is 2. The van der Waals surface area contributed by atoms with E-state index in [9.17, 15) is 13.2 Å². The van der Waals surface area contributed by atoms with Crippen LogP contribution in [-0.4, -0.2) is 81.3 Å². The smallest absolute Gasteiger partial charge is 0.244 e. The standard InChI is InChI=1S/C23H27N7O4S/c1-34-15-17-13-29(14-18-12-26-28-27-18)23(31)21-5-2-4-20(17)30(21)35(32,33)19-8-6-16(7-9-19)22-24-10-3-11-25-22/h3,6-12,17,20-21H,2,4-5,13-15H2,1H3,(H,26,27,28)/t17-,20-,21+/m1/s1. The molecule has 5 rings (SSSR count). The molecular formula is C23H27N7O4S. The Labute approximate surface area is 203 Å². The van der Waals surface area contributed by atoms with Gasteiger partial charge in [-0.2, -0.15) is 4.31 Å². The molecule has 0 radical (unpaired) electrons. The lowest BCUT2D eigenvalue weighted by molar-refractivity contribution is -0.135. The molecule has 35 heavy (non-hydrogen) atoms. The van der Waals surface area contributed by atoms with Gasteiger partial charge in [-0.15, -0.1) is 5.10 Å². The number of sulfonamides is 1. The highest BCUT2D eigenvalue weighted by Crippen LogP contribution is 2.37. The summed E-state index contributed by atoms with van der Waals surface area (Å²) in [6, 6.07) is 7.12. The van der Waals surface area contributed by atoms with Crippen LogP contribution in [0.4, 0.5) is 0 Å². The molecule has 0 unspecified atom stereocenters. The molecule has 3 atom stereocenters.